The van der Waals surface area contributed by atoms with Gasteiger partial charge in [-0.3, -0.25) is 19.2 Å². The maximum atomic E-state index is 13.0. The molecule has 2 aromatic heterocycles. The summed E-state index contributed by atoms with van der Waals surface area (Å²) in [7, 11) is 0. The largest absolute Gasteiger partial charge is 0.482 e. The van der Waals surface area contributed by atoms with Gasteiger partial charge in [-0.25, -0.2) is 4.98 Å². The number of cyclic esters (lactones) is 1. The van der Waals surface area contributed by atoms with Crippen molar-refractivity contribution in [3.05, 3.63) is 76.6 Å². The second kappa shape index (κ2) is 13.1. The van der Waals surface area contributed by atoms with E-state index in [0.717, 1.165) is 18.4 Å². The van der Waals surface area contributed by atoms with E-state index in [1.165, 1.54) is 36.1 Å². The van der Waals surface area contributed by atoms with Crippen LogP contribution in [0.2, 0.25) is 0 Å². The summed E-state index contributed by atoms with van der Waals surface area (Å²) in [5.41, 5.74) is 2.80. The van der Waals surface area contributed by atoms with Gasteiger partial charge in [0, 0.05) is 24.5 Å². The number of carbonyl (C=O) groups is 4. The summed E-state index contributed by atoms with van der Waals surface area (Å²) in [6.45, 7) is 2.97. The molecule has 0 radical (unpaired) electrons. The molecule has 2 unspecified atom stereocenters. The fraction of sp³-hybridized carbons (Fsp3) is 0.438. The van der Waals surface area contributed by atoms with Gasteiger partial charge in [0.2, 0.25) is 5.91 Å². The first-order chi connectivity index (χ1) is 21.3. The van der Waals surface area contributed by atoms with Gasteiger partial charge in [0.1, 0.15) is 29.8 Å². The predicted octanol–water partition coefficient (Wildman–Crippen LogP) is 3.64. The highest BCUT2D eigenvalue weighted by molar-refractivity contribution is 7.03. The van der Waals surface area contributed by atoms with Crippen molar-refractivity contribution in [2.75, 3.05) is 19.7 Å². The van der Waals surface area contributed by atoms with Crippen LogP contribution >= 0.6 is 11.5 Å². The number of aromatic nitrogens is 2. The number of pyridine rings is 1. The minimum atomic E-state index is -0.515. The third-order valence-electron chi connectivity index (χ3n) is 8.31. The lowest BCUT2D eigenvalue weighted by molar-refractivity contribution is -0.138. The number of hydrogen-bond acceptors (Lipinski definition) is 9. The van der Waals surface area contributed by atoms with Crippen molar-refractivity contribution in [3.8, 4) is 5.75 Å². The van der Waals surface area contributed by atoms with Crippen molar-refractivity contribution in [3.63, 3.8) is 0 Å². The number of piperidine rings is 1. The van der Waals surface area contributed by atoms with Gasteiger partial charge >= 0.3 is 5.97 Å². The summed E-state index contributed by atoms with van der Waals surface area (Å²) in [6.07, 6.45) is 5.00. The standard InChI is InChI=1S/C32H35N5O6S/c1-19(34-31(40)27-12-14-44-36-27)29(22-8-6-21(7-9-22)20-4-5-20)43-25-10-11-26(33-16-25)30(39)35-24-3-2-13-37(17-24)32(41)23-15-28(38)42-18-23/h6-12,14,16,19-20,23-24,29H,2-5,13,15,17-18H2,1H3,(H,34,40)(H,35,39)/t19?,23-,24+,29?/m1/s1. The molecule has 3 fully saturated rings. The van der Waals surface area contributed by atoms with Gasteiger partial charge in [-0.2, -0.15) is 4.37 Å². The molecule has 6 rings (SSSR count). The fourth-order valence-electron chi connectivity index (χ4n) is 5.73. The van der Waals surface area contributed by atoms with E-state index in [2.05, 4.69) is 32.1 Å². The predicted molar refractivity (Wildman–Crippen MR) is 161 cm³/mol. The van der Waals surface area contributed by atoms with Crippen molar-refractivity contribution >= 4 is 35.2 Å². The summed E-state index contributed by atoms with van der Waals surface area (Å²) < 4.78 is 15.5. The maximum Gasteiger partial charge on any atom is 0.306 e. The number of benzene rings is 1. The molecule has 12 heteroatoms. The molecule has 11 nitrogen and oxygen atoms in total. The van der Waals surface area contributed by atoms with Crippen molar-refractivity contribution in [2.24, 2.45) is 5.92 Å². The summed E-state index contributed by atoms with van der Waals surface area (Å²) >= 11 is 1.22. The third-order valence-corrected chi connectivity index (χ3v) is 8.87. The number of esters is 1. The van der Waals surface area contributed by atoms with Crippen molar-refractivity contribution in [1.29, 1.82) is 0 Å². The van der Waals surface area contributed by atoms with E-state index in [9.17, 15) is 19.2 Å². The van der Waals surface area contributed by atoms with Crippen LogP contribution in [0, 0.1) is 5.92 Å². The number of likely N-dealkylation sites (tertiary alicyclic amines) is 1. The van der Waals surface area contributed by atoms with Crippen molar-refractivity contribution in [1.82, 2.24) is 24.9 Å². The van der Waals surface area contributed by atoms with Crippen LogP contribution in [0.25, 0.3) is 0 Å². The van der Waals surface area contributed by atoms with E-state index in [4.69, 9.17) is 9.47 Å². The lowest BCUT2D eigenvalue weighted by Crippen LogP contribution is -2.51. The molecule has 2 aliphatic heterocycles. The number of rotatable bonds is 10. The number of nitrogens with one attached hydrogen (secondary N) is 2. The van der Waals surface area contributed by atoms with E-state index in [0.29, 0.717) is 30.5 Å². The first kappa shape index (κ1) is 29.7. The van der Waals surface area contributed by atoms with Crippen LogP contribution in [0.15, 0.2) is 54.0 Å². The highest BCUT2D eigenvalue weighted by Gasteiger charge is 2.35. The minimum Gasteiger partial charge on any atom is -0.482 e. The van der Waals surface area contributed by atoms with Crippen molar-refractivity contribution in [2.45, 2.75) is 63.1 Å². The molecule has 0 spiro atoms. The van der Waals surface area contributed by atoms with Crippen LogP contribution in [0.4, 0.5) is 0 Å². The van der Waals surface area contributed by atoms with Gasteiger partial charge in [0.05, 0.1) is 24.6 Å². The number of amides is 3. The molecule has 4 atom stereocenters. The minimum absolute atomic E-state index is 0.105. The molecular formula is C32H35N5O6S. The molecule has 230 valence electrons. The topological polar surface area (TPSA) is 140 Å². The average molecular weight is 618 g/mol. The van der Waals surface area contributed by atoms with Gasteiger partial charge in [0.25, 0.3) is 11.8 Å². The molecule has 2 saturated heterocycles. The second-order valence-corrected chi connectivity index (χ2v) is 12.4. The van der Waals surface area contributed by atoms with Gasteiger partial charge < -0.3 is 25.0 Å². The van der Waals surface area contributed by atoms with E-state index in [-0.39, 0.29) is 48.5 Å². The number of nitrogens with zero attached hydrogens (tertiary/aromatic N) is 3. The molecule has 0 bridgehead atoms. The van der Waals surface area contributed by atoms with Gasteiger partial charge in [0.15, 0.2) is 0 Å². The van der Waals surface area contributed by atoms with Crippen LogP contribution in [-0.2, 0) is 14.3 Å². The molecule has 44 heavy (non-hydrogen) atoms. The molecule has 2 N–H and O–H groups in total. The Morgan fingerprint density at radius 2 is 1.86 bits per heavy atom. The summed E-state index contributed by atoms with van der Waals surface area (Å²) in [4.78, 5) is 56.1. The Hall–Kier alpha value is -4.32. The molecule has 1 aromatic carbocycles. The Bertz CT molecular complexity index is 1490. The number of hydrogen-bond donors (Lipinski definition) is 2. The summed E-state index contributed by atoms with van der Waals surface area (Å²) in [5.74, 6) is -0.450. The van der Waals surface area contributed by atoms with E-state index in [1.54, 1.807) is 28.5 Å². The number of carbonyl (C=O) groups excluding carboxylic acids is 4. The first-order valence-corrected chi connectivity index (χ1v) is 15.9. The van der Waals surface area contributed by atoms with Crippen molar-refractivity contribution < 1.29 is 28.7 Å². The van der Waals surface area contributed by atoms with E-state index >= 15 is 0 Å². The highest BCUT2D eigenvalue weighted by Crippen LogP contribution is 2.40. The van der Waals surface area contributed by atoms with E-state index < -0.39 is 18.1 Å². The van der Waals surface area contributed by atoms with Crippen LogP contribution < -0.4 is 15.4 Å². The van der Waals surface area contributed by atoms with Gasteiger partial charge in [-0.1, -0.05) is 24.3 Å². The SMILES string of the molecule is CC(NC(=O)c1ccsn1)C(Oc1ccc(C(=O)N[C@H]2CCCN(C(=O)[C@H]3COC(=O)C3)C2)nc1)c1ccc(C2CC2)cc1. The lowest BCUT2D eigenvalue weighted by atomic mass is 10.00. The molecule has 4 heterocycles. The molecule has 3 amide bonds. The Morgan fingerprint density at radius 3 is 2.52 bits per heavy atom. The zero-order valence-electron chi connectivity index (χ0n) is 24.4. The van der Waals surface area contributed by atoms with Gasteiger partial charge in [-0.05, 0) is 79.4 Å². The zero-order valence-corrected chi connectivity index (χ0v) is 25.3. The number of ether oxygens (including phenoxy) is 2. The normalized spacial score (nSPS) is 21.2. The molecule has 1 saturated carbocycles. The Balaban J connectivity index is 1.09. The smallest absolute Gasteiger partial charge is 0.306 e. The Kier molecular flexibility index (Phi) is 8.87. The molecular weight excluding hydrogens is 582 g/mol. The molecule has 1 aliphatic carbocycles. The van der Waals surface area contributed by atoms with Crippen LogP contribution in [0.5, 0.6) is 5.75 Å². The Morgan fingerprint density at radius 1 is 1.05 bits per heavy atom. The molecule has 3 aliphatic rings. The monoisotopic (exact) mass is 617 g/mol. The van der Waals surface area contributed by atoms with Gasteiger partial charge in [-0.15, -0.1) is 0 Å². The fourth-order valence-corrected chi connectivity index (χ4v) is 6.24. The quantitative estimate of drug-likeness (QED) is 0.329. The zero-order chi connectivity index (χ0) is 30.6. The van der Waals surface area contributed by atoms with Crippen LogP contribution in [0.1, 0.15) is 83.2 Å². The lowest BCUT2D eigenvalue weighted by Gasteiger charge is -2.34. The average Bonchev–Trinajstić information content (AvgIpc) is 3.55. The summed E-state index contributed by atoms with van der Waals surface area (Å²) in [6, 6.07) is 12.7. The summed E-state index contributed by atoms with van der Waals surface area (Å²) in [5, 5.41) is 7.75. The first-order valence-electron chi connectivity index (χ1n) is 15.0. The Labute approximate surface area is 259 Å². The highest BCUT2D eigenvalue weighted by atomic mass is 32.1. The van der Waals surface area contributed by atoms with Crippen LogP contribution in [0.3, 0.4) is 0 Å². The maximum absolute atomic E-state index is 13.0. The van der Waals surface area contributed by atoms with Crippen LogP contribution in [-0.4, -0.2) is 69.7 Å². The molecule has 3 aromatic rings. The second-order valence-electron chi connectivity index (χ2n) is 11.7. The van der Waals surface area contributed by atoms with E-state index in [1.807, 2.05) is 19.1 Å². The third kappa shape index (κ3) is 7.07.